The molecule has 0 fully saturated rings. The number of carbonyl (C=O) groups excluding carboxylic acids is 2. The minimum Gasteiger partial charge on any atom is -0.370 e. The lowest BCUT2D eigenvalue weighted by molar-refractivity contribution is -0.119. The van der Waals surface area contributed by atoms with E-state index in [1.807, 2.05) is 0 Å². The number of aromatic nitrogens is 1. The molecule has 0 aliphatic heterocycles. The zero-order valence-electron chi connectivity index (χ0n) is 12.9. The molecule has 1 aromatic rings. The topological polar surface area (TPSA) is 97.1 Å². The lowest BCUT2D eigenvalue weighted by atomic mass is 10.1. The number of anilines is 1. The first-order valence-electron chi connectivity index (χ1n) is 7.32. The zero-order chi connectivity index (χ0) is 15.8. The monoisotopic (exact) mass is 292 g/mol. The van der Waals surface area contributed by atoms with Gasteiger partial charge in [0.2, 0.25) is 5.91 Å². The van der Waals surface area contributed by atoms with Gasteiger partial charge in [0, 0.05) is 17.8 Å². The van der Waals surface area contributed by atoms with Gasteiger partial charge < -0.3 is 16.4 Å². The van der Waals surface area contributed by atoms with Crippen molar-refractivity contribution in [1.29, 1.82) is 0 Å². The van der Waals surface area contributed by atoms with E-state index in [-0.39, 0.29) is 5.91 Å². The second kappa shape index (κ2) is 8.24. The van der Waals surface area contributed by atoms with Crippen LogP contribution in [0.5, 0.6) is 0 Å². The number of nitrogens with two attached hydrogens (primary N) is 1. The van der Waals surface area contributed by atoms with E-state index in [0.29, 0.717) is 11.4 Å². The van der Waals surface area contributed by atoms with Crippen LogP contribution < -0.4 is 16.4 Å². The van der Waals surface area contributed by atoms with Crippen molar-refractivity contribution in [1.82, 2.24) is 10.3 Å². The van der Waals surface area contributed by atoms with Crippen LogP contribution in [-0.2, 0) is 11.2 Å². The molecule has 6 heteroatoms. The Morgan fingerprint density at radius 3 is 2.57 bits per heavy atom. The van der Waals surface area contributed by atoms with Crippen LogP contribution in [0.4, 0.5) is 5.82 Å². The third-order valence-corrected chi connectivity index (χ3v) is 2.98. The quantitative estimate of drug-likeness (QED) is 0.675. The summed E-state index contributed by atoms with van der Waals surface area (Å²) in [6.07, 6.45) is 2.72. The summed E-state index contributed by atoms with van der Waals surface area (Å²) in [6.45, 7) is 6.47. The normalized spacial score (nSPS) is 11.8. The number of primary amides is 1. The Morgan fingerprint density at radius 1 is 1.29 bits per heavy atom. The maximum absolute atomic E-state index is 12.2. The predicted octanol–water partition coefficient (Wildman–Crippen LogP) is 1.46. The Labute approximate surface area is 125 Å². The average molecular weight is 292 g/mol. The van der Waals surface area contributed by atoms with Gasteiger partial charge in [-0.15, -0.1) is 0 Å². The smallest absolute Gasteiger partial charge is 0.252 e. The molecule has 0 aliphatic rings. The van der Waals surface area contributed by atoms with Crippen molar-refractivity contribution in [2.75, 3.05) is 11.9 Å². The molecule has 0 aromatic carbocycles. The van der Waals surface area contributed by atoms with E-state index in [4.69, 9.17) is 5.73 Å². The molecule has 2 amide bonds. The molecule has 0 radical (unpaired) electrons. The zero-order valence-corrected chi connectivity index (χ0v) is 12.9. The van der Waals surface area contributed by atoms with Crippen molar-refractivity contribution >= 4 is 17.6 Å². The minimum atomic E-state index is -0.702. The molecule has 21 heavy (non-hydrogen) atoms. The first-order chi connectivity index (χ1) is 9.97. The molecule has 0 aliphatic carbocycles. The summed E-state index contributed by atoms with van der Waals surface area (Å²) in [4.78, 5) is 27.7. The van der Waals surface area contributed by atoms with Gasteiger partial charge in [-0.1, -0.05) is 20.3 Å². The van der Waals surface area contributed by atoms with E-state index in [1.54, 1.807) is 19.1 Å². The summed E-state index contributed by atoms with van der Waals surface area (Å²) in [5.41, 5.74) is 6.50. The number of nitrogens with one attached hydrogen (secondary N) is 2. The third kappa shape index (κ3) is 5.41. The lowest BCUT2D eigenvalue weighted by Crippen LogP contribution is -2.42. The van der Waals surface area contributed by atoms with Gasteiger partial charge in [0.05, 0.1) is 0 Å². The van der Waals surface area contributed by atoms with Gasteiger partial charge in [-0.25, -0.2) is 4.98 Å². The molecular formula is C15H24N4O2. The van der Waals surface area contributed by atoms with Crippen molar-refractivity contribution < 1.29 is 9.59 Å². The number of carbonyl (C=O) groups is 2. The van der Waals surface area contributed by atoms with Crippen molar-refractivity contribution in [3.8, 4) is 0 Å². The number of pyridine rings is 1. The number of amides is 2. The van der Waals surface area contributed by atoms with Gasteiger partial charge in [-0.3, -0.25) is 9.59 Å². The van der Waals surface area contributed by atoms with Crippen molar-refractivity contribution in [3.05, 3.63) is 23.4 Å². The number of hydrogen-bond acceptors (Lipinski definition) is 4. The fourth-order valence-electron chi connectivity index (χ4n) is 1.80. The van der Waals surface area contributed by atoms with Crippen LogP contribution in [0.2, 0.25) is 0 Å². The predicted molar refractivity (Wildman–Crippen MR) is 83.1 cm³/mol. The minimum absolute atomic E-state index is 0.319. The maximum atomic E-state index is 12.2. The third-order valence-electron chi connectivity index (χ3n) is 2.98. The summed E-state index contributed by atoms with van der Waals surface area (Å²) in [6, 6.07) is 2.74. The van der Waals surface area contributed by atoms with Gasteiger partial charge in [-0.05, 0) is 31.9 Å². The van der Waals surface area contributed by atoms with Crippen LogP contribution in [0.3, 0.4) is 0 Å². The SMILES string of the molecule is CCCNc1cc(C(=O)NC(C)C(N)=O)cc(CCC)n1. The summed E-state index contributed by atoms with van der Waals surface area (Å²) < 4.78 is 0. The Bertz CT molecular complexity index is 502. The van der Waals surface area contributed by atoms with E-state index in [9.17, 15) is 9.59 Å². The van der Waals surface area contributed by atoms with Gasteiger partial charge in [-0.2, -0.15) is 0 Å². The molecule has 1 atom stereocenters. The highest BCUT2D eigenvalue weighted by Gasteiger charge is 2.15. The molecule has 4 N–H and O–H groups in total. The molecule has 0 spiro atoms. The lowest BCUT2D eigenvalue weighted by Gasteiger charge is -2.13. The summed E-state index contributed by atoms with van der Waals surface area (Å²) >= 11 is 0. The van der Waals surface area contributed by atoms with Gasteiger partial charge in [0.1, 0.15) is 11.9 Å². The highest BCUT2D eigenvalue weighted by Crippen LogP contribution is 2.12. The number of hydrogen-bond donors (Lipinski definition) is 3. The summed E-state index contributed by atoms with van der Waals surface area (Å²) in [7, 11) is 0. The van der Waals surface area contributed by atoms with Crippen LogP contribution in [-0.4, -0.2) is 29.4 Å². The Kier molecular flexibility index (Phi) is 6.65. The number of aryl methyl sites for hydroxylation is 1. The summed E-state index contributed by atoms with van der Waals surface area (Å²) in [5, 5.41) is 5.76. The van der Waals surface area contributed by atoms with Crippen LogP contribution in [0.1, 0.15) is 49.7 Å². The molecule has 6 nitrogen and oxygen atoms in total. The van der Waals surface area contributed by atoms with Crippen molar-refractivity contribution in [2.45, 2.75) is 46.1 Å². The first kappa shape index (κ1) is 16.9. The van der Waals surface area contributed by atoms with Gasteiger partial charge >= 0.3 is 0 Å². The maximum Gasteiger partial charge on any atom is 0.252 e. The van der Waals surface area contributed by atoms with Crippen LogP contribution in [0.15, 0.2) is 12.1 Å². The van der Waals surface area contributed by atoms with E-state index >= 15 is 0 Å². The average Bonchev–Trinajstić information content (AvgIpc) is 2.45. The largest absolute Gasteiger partial charge is 0.370 e. The Morgan fingerprint density at radius 2 is 2.00 bits per heavy atom. The second-order valence-electron chi connectivity index (χ2n) is 5.01. The fourth-order valence-corrected chi connectivity index (χ4v) is 1.80. The van der Waals surface area contributed by atoms with Crippen LogP contribution in [0.25, 0.3) is 0 Å². The number of nitrogens with zero attached hydrogens (tertiary/aromatic N) is 1. The molecule has 1 rings (SSSR count). The molecule has 1 heterocycles. The molecule has 0 saturated heterocycles. The van der Waals surface area contributed by atoms with E-state index in [2.05, 4.69) is 29.5 Å². The molecule has 116 valence electrons. The molecule has 1 unspecified atom stereocenters. The van der Waals surface area contributed by atoms with Crippen LogP contribution >= 0.6 is 0 Å². The molecule has 1 aromatic heterocycles. The molecular weight excluding hydrogens is 268 g/mol. The van der Waals surface area contributed by atoms with E-state index in [0.717, 1.165) is 31.5 Å². The summed E-state index contributed by atoms with van der Waals surface area (Å²) in [5.74, 6) is -0.198. The fraction of sp³-hybridized carbons (Fsp3) is 0.533. The molecule has 0 saturated carbocycles. The first-order valence-corrected chi connectivity index (χ1v) is 7.32. The van der Waals surface area contributed by atoms with Crippen molar-refractivity contribution in [2.24, 2.45) is 5.73 Å². The van der Waals surface area contributed by atoms with Crippen molar-refractivity contribution in [3.63, 3.8) is 0 Å². The van der Waals surface area contributed by atoms with E-state index < -0.39 is 11.9 Å². The molecule has 0 bridgehead atoms. The Balaban J connectivity index is 2.95. The number of rotatable bonds is 8. The van der Waals surface area contributed by atoms with Gasteiger partial charge in [0.15, 0.2) is 0 Å². The highest BCUT2D eigenvalue weighted by atomic mass is 16.2. The highest BCUT2D eigenvalue weighted by molar-refractivity contribution is 5.97. The standard InChI is InChI=1S/C15H24N4O2/c1-4-6-12-8-11(9-13(19-12)17-7-5-2)15(21)18-10(3)14(16)20/h8-10H,4-7H2,1-3H3,(H2,16,20)(H,17,19)(H,18,21). The second-order valence-corrected chi connectivity index (χ2v) is 5.01. The Hall–Kier alpha value is -2.11. The van der Waals surface area contributed by atoms with Gasteiger partial charge in [0.25, 0.3) is 5.91 Å². The van der Waals surface area contributed by atoms with E-state index in [1.165, 1.54) is 0 Å². The van der Waals surface area contributed by atoms with Crippen LogP contribution in [0, 0.1) is 0 Å².